The molecule has 146 valence electrons. The maximum Gasteiger partial charge on any atom is 0.410 e. The number of carbonyl (C=O) groups is 1. The summed E-state index contributed by atoms with van der Waals surface area (Å²) in [5, 5.41) is 0. The molecule has 0 aliphatic carbocycles. The molecule has 0 atom stereocenters. The van der Waals surface area contributed by atoms with Crippen molar-refractivity contribution in [3.05, 3.63) is 35.1 Å². The summed E-state index contributed by atoms with van der Waals surface area (Å²) in [6.45, 7) is 9.84. The van der Waals surface area contributed by atoms with Gasteiger partial charge in [0.05, 0.1) is 6.54 Å². The van der Waals surface area contributed by atoms with Crippen LogP contribution in [0.5, 0.6) is 0 Å². The van der Waals surface area contributed by atoms with Crippen LogP contribution in [-0.2, 0) is 11.3 Å². The number of nitrogens with two attached hydrogens (primary N) is 1. The molecule has 1 aromatic rings. The highest BCUT2D eigenvalue weighted by Crippen LogP contribution is 2.13. The third-order valence-electron chi connectivity index (χ3n) is 3.92. The number of guanidine groups is 1. The van der Waals surface area contributed by atoms with Crippen LogP contribution in [0.15, 0.2) is 23.2 Å². The molecule has 8 heteroatoms. The van der Waals surface area contributed by atoms with Gasteiger partial charge in [-0.05, 0) is 44.9 Å². The lowest BCUT2D eigenvalue weighted by Gasteiger charge is -2.36. The highest BCUT2D eigenvalue weighted by molar-refractivity contribution is 14.0. The first-order valence-electron chi connectivity index (χ1n) is 8.43. The quantitative estimate of drug-likeness (QED) is 0.403. The molecule has 2 rings (SSSR count). The average molecular weight is 478 g/mol. The predicted octanol–water partition coefficient (Wildman–Crippen LogP) is 3.12. The van der Waals surface area contributed by atoms with Crippen LogP contribution in [0.2, 0.25) is 0 Å². The van der Waals surface area contributed by atoms with Gasteiger partial charge < -0.3 is 20.3 Å². The zero-order valence-corrected chi connectivity index (χ0v) is 18.1. The molecular formula is C18H28FIN4O2. The lowest BCUT2D eigenvalue weighted by atomic mass is 10.1. The van der Waals surface area contributed by atoms with Crippen LogP contribution < -0.4 is 5.73 Å². The van der Waals surface area contributed by atoms with E-state index in [4.69, 9.17) is 10.5 Å². The van der Waals surface area contributed by atoms with E-state index in [9.17, 15) is 9.18 Å². The second-order valence-corrected chi connectivity index (χ2v) is 7.21. The zero-order valence-electron chi connectivity index (χ0n) is 15.8. The number of aryl methyl sites for hydroxylation is 1. The van der Waals surface area contributed by atoms with Crippen molar-refractivity contribution >= 4 is 36.0 Å². The molecule has 1 saturated heterocycles. The van der Waals surface area contributed by atoms with Gasteiger partial charge in [-0.1, -0.05) is 12.1 Å². The summed E-state index contributed by atoms with van der Waals surface area (Å²) in [6, 6.07) is 5.05. The largest absolute Gasteiger partial charge is 0.444 e. The summed E-state index contributed by atoms with van der Waals surface area (Å²) < 4.78 is 18.9. The van der Waals surface area contributed by atoms with Crippen LogP contribution in [0.4, 0.5) is 9.18 Å². The number of hydrogen-bond acceptors (Lipinski definition) is 3. The highest BCUT2D eigenvalue weighted by Gasteiger charge is 2.26. The number of halogens is 2. The monoisotopic (exact) mass is 478 g/mol. The molecule has 2 N–H and O–H groups in total. The summed E-state index contributed by atoms with van der Waals surface area (Å²) >= 11 is 0. The number of ether oxygens (including phenoxy) is 1. The second kappa shape index (κ2) is 9.38. The van der Waals surface area contributed by atoms with Crippen molar-refractivity contribution < 1.29 is 13.9 Å². The van der Waals surface area contributed by atoms with E-state index in [2.05, 4.69) is 4.99 Å². The van der Waals surface area contributed by atoms with Crippen molar-refractivity contribution in [2.75, 3.05) is 26.2 Å². The minimum Gasteiger partial charge on any atom is -0.444 e. The van der Waals surface area contributed by atoms with E-state index < -0.39 is 5.60 Å². The third-order valence-corrected chi connectivity index (χ3v) is 3.92. The smallest absolute Gasteiger partial charge is 0.410 e. The normalized spacial score (nSPS) is 15.5. The van der Waals surface area contributed by atoms with E-state index in [1.807, 2.05) is 31.7 Å². The summed E-state index contributed by atoms with van der Waals surface area (Å²) in [4.78, 5) is 20.0. The molecule has 0 spiro atoms. The van der Waals surface area contributed by atoms with Crippen LogP contribution >= 0.6 is 24.0 Å². The van der Waals surface area contributed by atoms with Gasteiger partial charge in [-0.3, -0.25) is 0 Å². The number of rotatable bonds is 2. The molecule has 0 unspecified atom stereocenters. The highest BCUT2D eigenvalue weighted by atomic mass is 127. The Morgan fingerprint density at radius 3 is 2.35 bits per heavy atom. The lowest BCUT2D eigenvalue weighted by molar-refractivity contribution is 0.0186. The number of nitrogens with zero attached hydrogens (tertiary/aromatic N) is 3. The van der Waals surface area contributed by atoms with Crippen molar-refractivity contribution in [1.29, 1.82) is 0 Å². The summed E-state index contributed by atoms with van der Waals surface area (Å²) in [7, 11) is 0. The van der Waals surface area contributed by atoms with Crippen LogP contribution in [-0.4, -0.2) is 53.6 Å². The van der Waals surface area contributed by atoms with Crippen molar-refractivity contribution in [3.63, 3.8) is 0 Å². The fraction of sp³-hybridized carbons (Fsp3) is 0.556. The topological polar surface area (TPSA) is 71.2 Å². The van der Waals surface area contributed by atoms with E-state index in [1.54, 1.807) is 17.9 Å². The summed E-state index contributed by atoms with van der Waals surface area (Å²) in [5.74, 6) is 0.169. The van der Waals surface area contributed by atoms with Crippen molar-refractivity contribution in [3.8, 4) is 0 Å². The molecule has 1 amide bonds. The molecule has 1 aromatic carbocycles. The minimum atomic E-state index is -0.502. The molecule has 1 aliphatic heterocycles. The fourth-order valence-corrected chi connectivity index (χ4v) is 2.45. The number of benzene rings is 1. The molecule has 1 fully saturated rings. The Morgan fingerprint density at radius 2 is 1.81 bits per heavy atom. The fourth-order valence-electron chi connectivity index (χ4n) is 2.45. The van der Waals surface area contributed by atoms with Gasteiger partial charge in [0.25, 0.3) is 0 Å². The van der Waals surface area contributed by atoms with Gasteiger partial charge in [0.15, 0.2) is 5.96 Å². The Hall–Kier alpha value is -1.58. The molecule has 6 nitrogen and oxygen atoms in total. The predicted molar refractivity (Wildman–Crippen MR) is 111 cm³/mol. The molecule has 1 heterocycles. The maximum absolute atomic E-state index is 13.6. The van der Waals surface area contributed by atoms with E-state index in [0.29, 0.717) is 44.2 Å². The molecule has 0 radical (unpaired) electrons. The minimum absolute atomic E-state index is 0. The number of piperazine rings is 1. The summed E-state index contributed by atoms with van der Waals surface area (Å²) in [6.07, 6.45) is -0.308. The average Bonchev–Trinajstić information content (AvgIpc) is 2.54. The molecular weight excluding hydrogens is 450 g/mol. The molecule has 26 heavy (non-hydrogen) atoms. The number of aliphatic imine (C=N–C) groups is 1. The lowest BCUT2D eigenvalue weighted by Crippen LogP contribution is -2.53. The van der Waals surface area contributed by atoms with E-state index in [0.717, 1.165) is 5.56 Å². The number of amides is 1. The molecule has 1 aliphatic rings. The van der Waals surface area contributed by atoms with Crippen molar-refractivity contribution in [1.82, 2.24) is 9.80 Å². The molecule has 0 bridgehead atoms. The first kappa shape index (κ1) is 22.5. The van der Waals surface area contributed by atoms with Crippen LogP contribution in [0.1, 0.15) is 31.9 Å². The molecule has 0 aromatic heterocycles. The van der Waals surface area contributed by atoms with Gasteiger partial charge >= 0.3 is 6.09 Å². The Balaban J connectivity index is 0.00000338. The molecule has 0 saturated carbocycles. The third kappa shape index (κ3) is 6.62. The first-order chi connectivity index (χ1) is 11.7. The van der Waals surface area contributed by atoms with Gasteiger partial charge in [-0.2, -0.15) is 0 Å². The van der Waals surface area contributed by atoms with Crippen molar-refractivity contribution in [2.45, 2.75) is 39.8 Å². The Kier molecular flexibility index (Phi) is 8.11. The zero-order chi connectivity index (χ0) is 18.6. The van der Waals surface area contributed by atoms with E-state index in [-0.39, 0.29) is 35.9 Å². The van der Waals surface area contributed by atoms with Gasteiger partial charge in [-0.15, -0.1) is 24.0 Å². The number of hydrogen-bond donors (Lipinski definition) is 1. The van der Waals surface area contributed by atoms with Gasteiger partial charge in [0.2, 0.25) is 0 Å². The number of carbonyl (C=O) groups excluding carboxylic acids is 1. The van der Waals surface area contributed by atoms with Gasteiger partial charge in [0, 0.05) is 26.2 Å². The van der Waals surface area contributed by atoms with Crippen LogP contribution in [0.3, 0.4) is 0 Å². The van der Waals surface area contributed by atoms with Crippen molar-refractivity contribution in [2.24, 2.45) is 10.7 Å². The maximum atomic E-state index is 13.6. The Bertz CT molecular complexity index is 653. The SMILES string of the molecule is Cc1ccc(CN=C(N)N2CCN(C(=O)OC(C)(C)C)CC2)cc1F.I. The summed E-state index contributed by atoms with van der Waals surface area (Å²) in [5.41, 5.74) is 6.92. The van der Waals surface area contributed by atoms with Crippen LogP contribution in [0.25, 0.3) is 0 Å². The van der Waals surface area contributed by atoms with Crippen LogP contribution in [0, 0.1) is 12.7 Å². The second-order valence-electron chi connectivity index (χ2n) is 7.21. The first-order valence-corrected chi connectivity index (χ1v) is 8.43. The Labute approximate surface area is 171 Å². The van der Waals surface area contributed by atoms with Gasteiger partial charge in [-0.25, -0.2) is 14.2 Å². The van der Waals surface area contributed by atoms with E-state index >= 15 is 0 Å². The van der Waals surface area contributed by atoms with E-state index in [1.165, 1.54) is 6.07 Å². The van der Waals surface area contributed by atoms with Gasteiger partial charge in [0.1, 0.15) is 11.4 Å². The standard InChI is InChI=1S/C18H27FN4O2.HI/c1-13-5-6-14(11-15(13)19)12-21-16(20)22-7-9-23(10-8-22)17(24)25-18(2,3)4;/h5-6,11H,7-10,12H2,1-4H3,(H2,20,21);1H. The Morgan fingerprint density at radius 1 is 1.23 bits per heavy atom.